The Bertz CT molecular complexity index is 3170. The third-order valence-corrected chi connectivity index (χ3v) is 10.6. The van der Waals surface area contributed by atoms with E-state index in [1.165, 1.54) is 0 Å². The van der Waals surface area contributed by atoms with Crippen LogP contribution in [0.1, 0.15) is 11.1 Å². The summed E-state index contributed by atoms with van der Waals surface area (Å²) in [6, 6.07) is 67.8. The monoisotopic (exact) mass is 686 g/mol. The third-order valence-electron chi connectivity index (χ3n) is 10.6. The van der Waals surface area contributed by atoms with Gasteiger partial charge in [0.1, 0.15) is 6.07 Å². The van der Waals surface area contributed by atoms with Crippen LogP contribution in [0.3, 0.4) is 0 Å². The number of rotatable bonds is 5. The van der Waals surface area contributed by atoms with Gasteiger partial charge in [-0.2, -0.15) is 10.5 Å². The molecular weight excluding hydrogens is 657 g/mol. The van der Waals surface area contributed by atoms with E-state index >= 15 is 0 Å². The molecule has 2 aromatic heterocycles. The molecule has 0 saturated carbocycles. The highest BCUT2D eigenvalue weighted by atomic mass is 15.0. The van der Waals surface area contributed by atoms with Gasteiger partial charge in [0.2, 0.25) is 0 Å². The minimum atomic E-state index is 0.548. The number of hydrogen-bond acceptors (Lipinski definition) is 2. The van der Waals surface area contributed by atoms with Crippen molar-refractivity contribution in [1.29, 1.82) is 10.5 Å². The first-order valence-electron chi connectivity index (χ1n) is 18.0. The van der Waals surface area contributed by atoms with E-state index in [0.717, 1.165) is 88.4 Å². The molecule has 0 aliphatic heterocycles. The summed E-state index contributed by atoms with van der Waals surface area (Å²) in [6.45, 7) is 0. The number of fused-ring (bicyclic) bond motifs is 6. The Hall–Kier alpha value is -7.66. The van der Waals surface area contributed by atoms with Crippen LogP contribution in [-0.4, -0.2) is 9.13 Å². The average Bonchev–Trinajstić information content (AvgIpc) is 3.76. The Labute approximate surface area is 312 Å². The molecule has 0 unspecified atom stereocenters. The van der Waals surface area contributed by atoms with E-state index in [0.29, 0.717) is 11.1 Å². The Kier molecular flexibility index (Phi) is 7.22. The van der Waals surface area contributed by atoms with Crippen LogP contribution in [0.4, 0.5) is 0 Å². The molecule has 54 heavy (non-hydrogen) atoms. The summed E-state index contributed by atoms with van der Waals surface area (Å²) in [5, 5.41) is 25.5. The molecule has 0 atom stereocenters. The number of nitriles is 2. The lowest BCUT2D eigenvalue weighted by Crippen LogP contribution is -2.04. The van der Waals surface area contributed by atoms with Crippen molar-refractivity contribution in [3.8, 4) is 56.9 Å². The summed E-state index contributed by atoms with van der Waals surface area (Å²) in [6.07, 6.45) is 0. The number of hydrogen-bond donors (Lipinski definition) is 0. The molecule has 0 bridgehead atoms. The predicted molar refractivity (Wildman–Crippen MR) is 221 cm³/mol. The Morgan fingerprint density at radius 1 is 0.333 bits per heavy atom. The first-order valence-corrected chi connectivity index (χ1v) is 18.0. The lowest BCUT2D eigenvalue weighted by Gasteiger charge is -2.19. The maximum Gasteiger partial charge on any atom is 0.101 e. The van der Waals surface area contributed by atoms with Crippen molar-refractivity contribution in [2.75, 3.05) is 0 Å². The van der Waals surface area contributed by atoms with Crippen LogP contribution in [0.25, 0.3) is 88.4 Å². The fourth-order valence-corrected chi connectivity index (χ4v) is 8.11. The quantitative estimate of drug-likeness (QED) is 0.181. The van der Waals surface area contributed by atoms with Gasteiger partial charge in [0.25, 0.3) is 0 Å². The maximum absolute atomic E-state index is 11.0. The normalized spacial score (nSPS) is 11.3. The van der Waals surface area contributed by atoms with Gasteiger partial charge < -0.3 is 9.13 Å². The van der Waals surface area contributed by atoms with Gasteiger partial charge in [0.05, 0.1) is 50.6 Å². The smallest absolute Gasteiger partial charge is 0.101 e. The van der Waals surface area contributed by atoms with Crippen LogP contribution in [-0.2, 0) is 0 Å². The second-order valence-electron chi connectivity index (χ2n) is 13.6. The molecule has 250 valence electrons. The van der Waals surface area contributed by atoms with E-state index in [9.17, 15) is 10.5 Å². The minimum Gasteiger partial charge on any atom is -0.309 e. The van der Waals surface area contributed by atoms with E-state index in [2.05, 4.69) is 167 Å². The highest BCUT2D eigenvalue weighted by Gasteiger charge is 2.22. The van der Waals surface area contributed by atoms with Crippen LogP contribution in [0.2, 0.25) is 0 Å². The molecule has 4 heteroatoms. The topological polar surface area (TPSA) is 57.4 Å². The zero-order valence-electron chi connectivity index (χ0n) is 29.1. The molecule has 0 amide bonds. The van der Waals surface area contributed by atoms with Crippen molar-refractivity contribution >= 4 is 43.6 Å². The molecular formula is C50H30N4. The van der Waals surface area contributed by atoms with E-state index in [4.69, 9.17) is 0 Å². The molecule has 10 aromatic rings. The molecule has 0 radical (unpaired) electrons. The van der Waals surface area contributed by atoms with Gasteiger partial charge in [-0.3, -0.25) is 0 Å². The molecule has 0 aliphatic carbocycles. The fraction of sp³-hybridized carbons (Fsp3) is 0. The van der Waals surface area contributed by atoms with E-state index in [-0.39, 0.29) is 0 Å². The van der Waals surface area contributed by atoms with Crippen LogP contribution in [0.15, 0.2) is 182 Å². The Morgan fingerprint density at radius 2 is 0.833 bits per heavy atom. The van der Waals surface area contributed by atoms with E-state index in [1.807, 2.05) is 36.4 Å². The van der Waals surface area contributed by atoms with Crippen LogP contribution < -0.4 is 0 Å². The van der Waals surface area contributed by atoms with E-state index < -0.39 is 0 Å². The number of benzene rings is 8. The summed E-state index contributed by atoms with van der Waals surface area (Å²) >= 11 is 0. The number of nitrogens with zero attached hydrogens (tertiary/aromatic N) is 4. The molecule has 10 rings (SSSR count). The summed E-state index contributed by atoms with van der Waals surface area (Å²) in [7, 11) is 0. The lowest BCUT2D eigenvalue weighted by atomic mass is 9.97. The van der Waals surface area contributed by atoms with Gasteiger partial charge in [0, 0.05) is 27.1 Å². The highest BCUT2D eigenvalue weighted by Crippen LogP contribution is 2.42. The Balaban J connectivity index is 1.28. The van der Waals surface area contributed by atoms with Crippen molar-refractivity contribution in [1.82, 2.24) is 9.13 Å². The van der Waals surface area contributed by atoms with Gasteiger partial charge in [0.15, 0.2) is 0 Å². The SMILES string of the molecule is N#Cc1cccc(-c2cc(-n3c4ccccc4c4cc(-c5ccccc5)ccc43)c(C#N)cc2-n2c3ccccc3c3cc(-c4ccccc4)ccc32)c1. The molecule has 0 aliphatic rings. The maximum atomic E-state index is 11.0. The molecule has 4 nitrogen and oxygen atoms in total. The molecule has 2 heterocycles. The standard InChI is InChI=1S/C50H30N4/c51-31-33-12-11-17-38(26-33)42-30-49(53-45-20-9-7-18-40(45)43-27-36(22-24-47(43)53)34-13-3-1-4-14-34)39(32-52)29-50(42)54-46-21-10-8-19-41(46)44-28-37(23-25-48(44)54)35-15-5-2-6-16-35/h1-30H. The molecule has 0 saturated heterocycles. The average molecular weight is 687 g/mol. The predicted octanol–water partition coefficient (Wildman–Crippen LogP) is 12.6. The molecule has 0 fully saturated rings. The van der Waals surface area contributed by atoms with Gasteiger partial charge in [-0.05, 0) is 88.5 Å². The second-order valence-corrected chi connectivity index (χ2v) is 13.6. The van der Waals surface area contributed by atoms with Crippen LogP contribution in [0.5, 0.6) is 0 Å². The number of aromatic nitrogens is 2. The molecule has 0 N–H and O–H groups in total. The van der Waals surface area contributed by atoms with Gasteiger partial charge >= 0.3 is 0 Å². The largest absolute Gasteiger partial charge is 0.309 e. The zero-order valence-corrected chi connectivity index (χ0v) is 29.1. The van der Waals surface area contributed by atoms with Crippen molar-refractivity contribution in [2.24, 2.45) is 0 Å². The summed E-state index contributed by atoms with van der Waals surface area (Å²) in [5.74, 6) is 0. The summed E-state index contributed by atoms with van der Waals surface area (Å²) in [5.41, 5.74) is 13.3. The first kappa shape index (κ1) is 31.1. The number of para-hydroxylation sites is 2. The first-order chi connectivity index (χ1) is 26.7. The van der Waals surface area contributed by atoms with Crippen LogP contribution in [0, 0.1) is 22.7 Å². The van der Waals surface area contributed by atoms with Crippen LogP contribution >= 0.6 is 0 Å². The van der Waals surface area contributed by atoms with Crippen molar-refractivity contribution in [3.63, 3.8) is 0 Å². The van der Waals surface area contributed by atoms with Gasteiger partial charge in [-0.15, -0.1) is 0 Å². The summed E-state index contributed by atoms with van der Waals surface area (Å²) in [4.78, 5) is 0. The fourth-order valence-electron chi connectivity index (χ4n) is 8.11. The lowest BCUT2D eigenvalue weighted by molar-refractivity contribution is 1.14. The highest BCUT2D eigenvalue weighted by molar-refractivity contribution is 6.12. The van der Waals surface area contributed by atoms with Gasteiger partial charge in [-0.1, -0.05) is 121 Å². The van der Waals surface area contributed by atoms with Gasteiger partial charge in [-0.25, -0.2) is 0 Å². The minimum absolute atomic E-state index is 0.548. The van der Waals surface area contributed by atoms with Crippen molar-refractivity contribution in [3.05, 3.63) is 193 Å². The van der Waals surface area contributed by atoms with Crippen molar-refractivity contribution < 1.29 is 0 Å². The van der Waals surface area contributed by atoms with Crippen molar-refractivity contribution in [2.45, 2.75) is 0 Å². The second kappa shape index (κ2) is 12.5. The van der Waals surface area contributed by atoms with E-state index in [1.54, 1.807) is 0 Å². The molecule has 0 spiro atoms. The molecule has 8 aromatic carbocycles. The summed E-state index contributed by atoms with van der Waals surface area (Å²) < 4.78 is 4.49. The Morgan fingerprint density at radius 3 is 1.39 bits per heavy atom. The third kappa shape index (κ3) is 4.90. The zero-order chi connectivity index (χ0) is 36.2.